The fourth-order valence-electron chi connectivity index (χ4n) is 3.12. The molecular weight excluding hydrogens is 264 g/mol. The largest absolute Gasteiger partial charge is 0.399 e. The van der Waals surface area contributed by atoms with Crippen LogP contribution in [-0.2, 0) is 6.42 Å². The summed E-state index contributed by atoms with van der Waals surface area (Å²) in [5, 5.41) is 3.32. The molecule has 0 aliphatic heterocycles. The number of nitrogens with one attached hydrogen (secondary N) is 1. The van der Waals surface area contributed by atoms with Crippen LogP contribution in [0, 0.1) is 0 Å². The lowest BCUT2D eigenvalue weighted by Gasteiger charge is -2.15. The topological polar surface area (TPSA) is 72.9 Å². The van der Waals surface area contributed by atoms with Gasteiger partial charge in [-0.1, -0.05) is 6.07 Å². The van der Waals surface area contributed by atoms with Gasteiger partial charge in [-0.15, -0.1) is 0 Å². The van der Waals surface area contributed by atoms with E-state index in [1.165, 1.54) is 11.1 Å². The van der Waals surface area contributed by atoms with Crippen molar-refractivity contribution in [2.45, 2.75) is 37.8 Å². The van der Waals surface area contributed by atoms with Gasteiger partial charge < -0.3 is 15.6 Å². The molecule has 2 aromatic rings. The first-order valence-electron chi connectivity index (χ1n) is 7.44. The molecule has 0 saturated heterocycles. The van der Waals surface area contributed by atoms with Crippen LogP contribution in [-0.4, -0.2) is 9.55 Å². The number of fused-ring (bicyclic) bond motifs is 1. The van der Waals surface area contributed by atoms with Crippen LogP contribution in [0.2, 0.25) is 0 Å². The highest BCUT2D eigenvalue weighted by Gasteiger charge is 2.27. The molecule has 2 aliphatic carbocycles. The average molecular weight is 282 g/mol. The van der Waals surface area contributed by atoms with E-state index in [0.29, 0.717) is 11.9 Å². The van der Waals surface area contributed by atoms with E-state index in [-0.39, 0.29) is 11.6 Å². The van der Waals surface area contributed by atoms with E-state index >= 15 is 0 Å². The first-order chi connectivity index (χ1) is 10.2. The van der Waals surface area contributed by atoms with Gasteiger partial charge in [0.1, 0.15) is 0 Å². The SMILES string of the molecule is Nc1ccc2c(c1)CCC2Nc1nccn(C2CC2)c1=O. The van der Waals surface area contributed by atoms with E-state index in [9.17, 15) is 4.79 Å². The van der Waals surface area contributed by atoms with Crippen molar-refractivity contribution in [1.82, 2.24) is 9.55 Å². The molecule has 108 valence electrons. The van der Waals surface area contributed by atoms with Crippen molar-refractivity contribution in [3.05, 3.63) is 52.1 Å². The molecule has 0 bridgehead atoms. The second kappa shape index (κ2) is 4.62. The Hall–Kier alpha value is -2.30. The van der Waals surface area contributed by atoms with Crippen molar-refractivity contribution in [2.75, 3.05) is 11.1 Å². The third kappa shape index (κ3) is 2.18. The Labute approximate surface area is 122 Å². The number of nitrogen functional groups attached to an aromatic ring is 1. The Morgan fingerprint density at radius 2 is 2.14 bits per heavy atom. The maximum Gasteiger partial charge on any atom is 0.293 e. The number of rotatable bonds is 3. The Bertz CT molecular complexity index is 748. The highest BCUT2D eigenvalue weighted by Crippen LogP contribution is 2.35. The van der Waals surface area contributed by atoms with Gasteiger partial charge in [-0.2, -0.15) is 0 Å². The van der Waals surface area contributed by atoms with Gasteiger partial charge in [0.25, 0.3) is 5.56 Å². The number of hydrogen-bond donors (Lipinski definition) is 2. The molecule has 1 heterocycles. The predicted octanol–water partition coefficient (Wildman–Crippen LogP) is 2.26. The normalized spacial score (nSPS) is 20.3. The molecule has 1 saturated carbocycles. The number of nitrogens with two attached hydrogens (primary N) is 1. The van der Waals surface area contributed by atoms with E-state index in [0.717, 1.165) is 31.4 Å². The van der Waals surface area contributed by atoms with Crippen LogP contribution in [0.5, 0.6) is 0 Å². The van der Waals surface area contributed by atoms with Crippen LogP contribution < -0.4 is 16.6 Å². The summed E-state index contributed by atoms with van der Waals surface area (Å²) in [6, 6.07) is 6.52. The number of anilines is 2. The standard InChI is InChI=1S/C16H18N4O/c17-11-2-5-13-10(9-11)1-6-14(13)19-15-16(21)20(8-7-18-15)12-3-4-12/h2,5,7-9,12,14H,1,3-4,6,17H2,(H,18,19). The summed E-state index contributed by atoms with van der Waals surface area (Å²) in [5.41, 5.74) is 9.11. The molecule has 1 unspecified atom stereocenters. The molecule has 1 atom stereocenters. The molecule has 2 aliphatic rings. The minimum absolute atomic E-state index is 0.0103. The summed E-state index contributed by atoms with van der Waals surface area (Å²) < 4.78 is 1.80. The summed E-state index contributed by atoms with van der Waals surface area (Å²) in [5.74, 6) is 0.457. The molecule has 5 heteroatoms. The van der Waals surface area contributed by atoms with Crippen molar-refractivity contribution >= 4 is 11.5 Å². The molecule has 1 fully saturated rings. The third-order valence-corrected chi connectivity index (χ3v) is 4.36. The van der Waals surface area contributed by atoms with Crippen molar-refractivity contribution < 1.29 is 0 Å². The van der Waals surface area contributed by atoms with Gasteiger partial charge in [0.05, 0.1) is 6.04 Å². The summed E-state index contributed by atoms with van der Waals surface area (Å²) in [7, 11) is 0. The molecule has 0 radical (unpaired) electrons. The Morgan fingerprint density at radius 3 is 2.95 bits per heavy atom. The van der Waals surface area contributed by atoms with E-state index < -0.39 is 0 Å². The van der Waals surface area contributed by atoms with Gasteiger partial charge in [-0.05, 0) is 48.9 Å². The molecule has 0 spiro atoms. The third-order valence-electron chi connectivity index (χ3n) is 4.36. The van der Waals surface area contributed by atoms with Gasteiger partial charge in [0.2, 0.25) is 0 Å². The fourth-order valence-corrected chi connectivity index (χ4v) is 3.12. The highest BCUT2D eigenvalue weighted by molar-refractivity contribution is 5.50. The summed E-state index contributed by atoms with van der Waals surface area (Å²) in [6.07, 6.45) is 7.64. The average Bonchev–Trinajstić information content (AvgIpc) is 3.24. The zero-order chi connectivity index (χ0) is 14.4. The smallest absolute Gasteiger partial charge is 0.293 e. The van der Waals surface area contributed by atoms with Crippen molar-refractivity contribution in [1.29, 1.82) is 0 Å². The van der Waals surface area contributed by atoms with E-state index in [1.807, 2.05) is 12.1 Å². The van der Waals surface area contributed by atoms with Crippen LogP contribution in [0.1, 0.15) is 42.5 Å². The molecular formula is C16H18N4O. The zero-order valence-electron chi connectivity index (χ0n) is 11.7. The number of benzene rings is 1. The fraction of sp³-hybridized carbons (Fsp3) is 0.375. The molecule has 21 heavy (non-hydrogen) atoms. The van der Waals surface area contributed by atoms with E-state index in [2.05, 4.69) is 16.4 Å². The van der Waals surface area contributed by atoms with E-state index in [1.54, 1.807) is 17.0 Å². The maximum absolute atomic E-state index is 12.4. The lowest BCUT2D eigenvalue weighted by atomic mass is 10.1. The van der Waals surface area contributed by atoms with Crippen LogP contribution >= 0.6 is 0 Å². The molecule has 4 rings (SSSR count). The molecule has 5 nitrogen and oxygen atoms in total. The second-order valence-electron chi connectivity index (χ2n) is 5.91. The molecule has 1 aromatic carbocycles. The maximum atomic E-state index is 12.4. The van der Waals surface area contributed by atoms with Crippen molar-refractivity contribution in [3.63, 3.8) is 0 Å². The van der Waals surface area contributed by atoms with Crippen molar-refractivity contribution in [3.8, 4) is 0 Å². The Morgan fingerprint density at radius 1 is 1.29 bits per heavy atom. The summed E-state index contributed by atoms with van der Waals surface area (Å²) in [6.45, 7) is 0. The lowest BCUT2D eigenvalue weighted by molar-refractivity contribution is 0.689. The van der Waals surface area contributed by atoms with Gasteiger partial charge in [-0.3, -0.25) is 4.79 Å². The number of aromatic nitrogens is 2. The quantitative estimate of drug-likeness (QED) is 0.847. The first kappa shape index (κ1) is 12.4. The van der Waals surface area contributed by atoms with Crippen LogP contribution in [0.15, 0.2) is 35.4 Å². The molecule has 0 amide bonds. The van der Waals surface area contributed by atoms with E-state index in [4.69, 9.17) is 5.73 Å². The summed E-state index contributed by atoms with van der Waals surface area (Å²) >= 11 is 0. The number of hydrogen-bond acceptors (Lipinski definition) is 4. The van der Waals surface area contributed by atoms with Crippen molar-refractivity contribution in [2.24, 2.45) is 0 Å². The number of aryl methyl sites for hydroxylation is 1. The van der Waals surface area contributed by atoms with Crippen LogP contribution in [0.3, 0.4) is 0 Å². The first-order valence-corrected chi connectivity index (χ1v) is 7.44. The molecule has 1 aromatic heterocycles. The lowest BCUT2D eigenvalue weighted by Crippen LogP contribution is -2.25. The highest BCUT2D eigenvalue weighted by atomic mass is 16.1. The number of nitrogens with zero attached hydrogens (tertiary/aromatic N) is 2. The monoisotopic (exact) mass is 282 g/mol. The van der Waals surface area contributed by atoms with Gasteiger partial charge in [0, 0.05) is 24.1 Å². The minimum Gasteiger partial charge on any atom is -0.399 e. The van der Waals surface area contributed by atoms with Crippen LogP contribution in [0.4, 0.5) is 11.5 Å². The van der Waals surface area contributed by atoms with Crippen LogP contribution in [0.25, 0.3) is 0 Å². The second-order valence-corrected chi connectivity index (χ2v) is 5.91. The Kier molecular flexibility index (Phi) is 2.74. The summed E-state index contributed by atoms with van der Waals surface area (Å²) in [4.78, 5) is 16.7. The minimum atomic E-state index is -0.0103. The van der Waals surface area contributed by atoms with Gasteiger partial charge in [-0.25, -0.2) is 4.98 Å². The van der Waals surface area contributed by atoms with Gasteiger partial charge in [0.15, 0.2) is 5.82 Å². The molecule has 3 N–H and O–H groups in total. The predicted molar refractivity (Wildman–Crippen MR) is 82.3 cm³/mol. The Balaban J connectivity index is 1.64. The zero-order valence-corrected chi connectivity index (χ0v) is 11.7. The van der Waals surface area contributed by atoms with Gasteiger partial charge >= 0.3 is 0 Å².